The third-order valence-electron chi connectivity index (χ3n) is 2.97. The summed E-state index contributed by atoms with van der Waals surface area (Å²) in [5.74, 6) is -0.256. The van der Waals surface area contributed by atoms with E-state index in [4.69, 9.17) is 11.6 Å². The minimum atomic E-state index is -0.140. The van der Waals surface area contributed by atoms with Crippen LogP contribution >= 0.6 is 34.2 Å². The highest BCUT2D eigenvalue weighted by molar-refractivity contribution is 14.1. The smallest absolute Gasteiger partial charge is 0.194 e. The summed E-state index contributed by atoms with van der Waals surface area (Å²) in [6.07, 6.45) is 0. The first kappa shape index (κ1) is 11.9. The van der Waals surface area contributed by atoms with Gasteiger partial charge in [0.05, 0.1) is 5.02 Å². The maximum Gasteiger partial charge on any atom is 0.194 e. The zero-order valence-electron chi connectivity index (χ0n) is 9.04. The minimum absolute atomic E-state index is 0.116. The number of fused-ring (bicyclic) bond motifs is 2. The molecule has 0 radical (unpaired) electrons. The third-order valence-corrected chi connectivity index (χ3v) is 4.49. The molecular weight excluding hydrogens is 363 g/mol. The van der Waals surface area contributed by atoms with Gasteiger partial charge in [-0.25, -0.2) is 0 Å². The molecule has 88 valence electrons. The number of hydrogen-bond donors (Lipinski definition) is 0. The first-order chi connectivity index (χ1) is 8.59. The topological polar surface area (TPSA) is 34.1 Å². The van der Waals surface area contributed by atoms with Gasteiger partial charge >= 0.3 is 0 Å². The second kappa shape index (κ2) is 4.17. The molecule has 0 saturated carbocycles. The van der Waals surface area contributed by atoms with E-state index < -0.39 is 0 Å². The van der Waals surface area contributed by atoms with Crippen molar-refractivity contribution in [2.24, 2.45) is 0 Å². The van der Waals surface area contributed by atoms with Gasteiger partial charge in [-0.2, -0.15) is 0 Å². The van der Waals surface area contributed by atoms with Gasteiger partial charge in [-0.05, 0) is 34.7 Å². The van der Waals surface area contributed by atoms with Crippen molar-refractivity contribution in [3.05, 3.63) is 67.2 Å². The molecule has 2 nitrogen and oxygen atoms in total. The van der Waals surface area contributed by atoms with Gasteiger partial charge in [-0.15, -0.1) is 0 Å². The first-order valence-corrected chi connectivity index (χ1v) is 6.72. The Kier molecular flexibility index (Phi) is 2.75. The Balaban J connectivity index is 2.34. The molecule has 0 heterocycles. The van der Waals surface area contributed by atoms with Gasteiger partial charge in [-0.1, -0.05) is 35.9 Å². The lowest BCUT2D eigenvalue weighted by Gasteiger charge is -2.17. The van der Waals surface area contributed by atoms with Crippen molar-refractivity contribution in [2.45, 2.75) is 0 Å². The Hall–Kier alpha value is -1.20. The molecule has 0 aliphatic heterocycles. The van der Waals surface area contributed by atoms with Crippen LogP contribution in [-0.2, 0) is 0 Å². The fourth-order valence-electron chi connectivity index (χ4n) is 2.09. The number of benzene rings is 2. The number of ketones is 2. The Labute approximate surface area is 122 Å². The lowest BCUT2D eigenvalue weighted by Crippen LogP contribution is -2.20. The van der Waals surface area contributed by atoms with Gasteiger partial charge in [-0.3, -0.25) is 9.59 Å². The molecule has 0 fully saturated rings. The van der Waals surface area contributed by atoms with E-state index >= 15 is 0 Å². The van der Waals surface area contributed by atoms with Crippen molar-refractivity contribution in [2.75, 3.05) is 0 Å². The molecule has 0 aromatic heterocycles. The maximum atomic E-state index is 12.3. The highest BCUT2D eigenvalue weighted by Crippen LogP contribution is 2.31. The monoisotopic (exact) mass is 368 g/mol. The fourth-order valence-corrected chi connectivity index (χ4v) is 2.72. The molecule has 18 heavy (non-hydrogen) atoms. The van der Waals surface area contributed by atoms with Gasteiger partial charge < -0.3 is 0 Å². The predicted octanol–water partition coefficient (Wildman–Crippen LogP) is 3.72. The van der Waals surface area contributed by atoms with Crippen molar-refractivity contribution in [1.82, 2.24) is 0 Å². The number of carbonyl (C=O) groups excluding carboxylic acids is 2. The lowest BCUT2D eigenvalue weighted by atomic mass is 9.84. The van der Waals surface area contributed by atoms with E-state index in [1.165, 1.54) is 0 Å². The van der Waals surface area contributed by atoms with Crippen molar-refractivity contribution in [3.8, 4) is 0 Å². The molecule has 4 heteroatoms. The van der Waals surface area contributed by atoms with E-state index in [2.05, 4.69) is 22.6 Å². The maximum absolute atomic E-state index is 12.3. The Morgan fingerprint density at radius 2 is 1.33 bits per heavy atom. The molecule has 3 rings (SSSR count). The molecule has 2 aromatic carbocycles. The first-order valence-electron chi connectivity index (χ1n) is 5.27. The summed E-state index contributed by atoms with van der Waals surface area (Å²) in [7, 11) is 0. The normalized spacial score (nSPS) is 13.2. The quantitative estimate of drug-likeness (QED) is 0.567. The van der Waals surface area contributed by atoms with Gasteiger partial charge in [0, 0.05) is 25.8 Å². The van der Waals surface area contributed by atoms with Crippen LogP contribution in [0.1, 0.15) is 31.8 Å². The second-order valence-electron chi connectivity index (χ2n) is 4.02. The summed E-state index contributed by atoms with van der Waals surface area (Å²) >= 11 is 8.07. The number of rotatable bonds is 0. The van der Waals surface area contributed by atoms with Gasteiger partial charge in [0.1, 0.15) is 0 Å². The molecule has 0 unspecified atom stereocenters. The molecule has 0 bridgehead atoms. The summed E-state index contributed by atoms with van der Waals surface area (Å²) in [6.45, 7) is 0. The van der Waals surface area contributed by atoms with Crippen LogP contribution < -0.4 is 0 Å². The molecule has 0 spiro atoms. The van der Waals surface area contributed by atoms with Crippen LogP contribution in [0.15, 0.2) is 36.4 Å². The van der Waals surface area contributed by atoms with E-state index in [0.717, 1.165) is 3.57 Å². The number of carbonyl (C=O) groups is 2. The molecule has 1 aliphatic carbocycles. The fraction of sp³-hybridized carbons (Fsp3) is 0. The second-order valence-corrected chi connectivity index (χ2v) is 5.59. The molecule has 2 aromatic rings. The standard InChI is InChI=1S/C14H6ClIO2/c15-11-5-9-10(6-12(11)16)14(18)8-4-2-1-3-7(8)13(9)17/h1-6H. The van der Waals surface area contributed by atoms with Crippen LogP contribution in [0.5, 0.6) is 0 Å². The highest BCUT2D eigenvalue weighted by atomic mass is 127. The summed E-state index contributed by atoms with van der Waals surface area (Å²) in [6, 6.07) is 10.1. The van der Waals surface area contributed by atoms with E-state index in [1.54, 1.807) is 36.4 Å². The summed E-state index contributed by atoms with van der Waals surface area (Å²) in [5, 5.41) is 0.495. The van der Waals surface area contributed by atoms with Crippen LogP contribution in [0.3, 0.4) is 0 Å². The Morgan fingerprint density at radius 3 is 1.89 bits per heavy atom. The third kappa shape index (κ3) is 1.61. The van der Waals surface area contributed by atoms with Crippen LogP contribution in [0.2, 0.25) is 5.02 Å². The number of hydrogen-bond acceptors (Lipinski definition) is 2. The van der Waals surface area contributed by atoms with Gasteiger partial charge in [0.15, 0.2) is 11.6 Å². The molecule has 0 N–H and O–H groups in total. The Bertz CT molecular complexity index is 647. The van der Waals surface area contributed by atoms with Crippen molar-refractivity contribution in [1.29, 1.82) is 0 Å². The number of halogens is 2. The van der Waals surface area contributed by atoms with Crippen LogP contribution in [-0.4, -0.2) is 11.6 Å². The molecule has 0 saturated heterocycles. The van der Waals surface area contributed by atoms with Crippen LogP contribution in [0, 0.1) is 3.57 Å². The van der Waals surface area contributed by atoms with Crippen LogP contribution in [0.25, 0.3) is 0 Å². The van der Waals surface area contributed by atoms with E-state index in [1.807, 2.05) is 0 Å². The van der Waals surface area contributed by atoms with Gasteiger partial charge in [0.25, 0.3) is 0 Å². The zero-order chi connectivity index (χ0) is 12.9. The summed E-state index contributed by atoms with van der Waals surface area (Å²) in [5.41, 5.74) is 1.75. The largest absolute Gasteiger partial charge is 0.289 e. The zero-order valence-corrected chi connectivity index (χ0v) is 11.9. The molecule has 0 amide bonds. The average Bonchev–Trinajstić information content (AvgIpc) is 2.38. The van der Waals surface area contributed by atoms with Crippen molar-refractivity contribution < 1.29 is 9.59 Å². The summed E-state index contributed by atoms with van der Waals surface area (Å²) < 4.78 is 0.772. The van der Waals surface area contributed by atoms with E-state index in [0.29, 0.717) is 27.3 Å². The lowest BCUT2D eigenvalue weighted by molar-refractivity contribution is 0.0979. The summed E-state index contributed by atoms with van der Waals surface area (Å²) in [4.78, 5) is 24.6. The average molecular weight is 369 g/mol. The van der Waals surface area contributed by atoms with Gasteiger partial charge in [0.2, 0.25) is 0 Å². The molecule has 0 atom stereocenters. The highest BCUT2D eigenvalue weighted by Gasteiger charge is 2.29. The van der Waals surface area contributed by atoms with E-state index in [-0.39, 0.29) is 11.6 Å². The molecular formula is C14H6ClIO2. The minimum Gasteiger partial charge on any atom is -0.289 e. The van der Waals surface area contributed by atoms with Crippen molar-refractivity contribution in [3.63, 3.8) is 0 Å². The van der Waals surface area contributed by atoms with Crippen molar-refractivity contribution >= 4 is 45.8 Å². The Morgan fingerprint density at radius 1 is 0.833 bits per heavy atom. The van der Waals surface area contributed by atoms with E-state index in [9.17, 15) is 9.59 Å². The SMILES string of the molecule is O=C1c2ccccc2C(=O)c2cc(I)c(Cl)cc21. The van der Waals surface area contributed by atoms with Crippen LogP contribution in [0.4, 0.5) is 0 Å². The predicted molar refractivity (Wildman–Crippen MR) is 77.5 cm³/mol. The molecule has 1 aliphatic rings.